The number of aromatic hydroxyl groups is 1. The molecule has 0 unspecified atom stereocenters. The number of benzene rings is 2. The van der Waals surface area contributed by atoms with Crippen LogP contribution in [0, 0.1) is 6.92 Å². The van der Waals surface area contributed by atoms with Gasteiger partial charge in [0.05, 0.1) is 16.9 Å². The minimum absolute atomic E-state index is 0.345. The van der Waals surface area contributed by atoms with Gasteiger partial charge in [0.15, 0.2) is 0 Å². The normalized spacial score (nSPS) is 16.8. The fourth-order valence-electron chi connectivity index (χ4n) is 4.36. The summed E-state index contributed by atoms with van der Waals surface area (Å²) in [6.07, 6.45) is 3.60. The average molecular weight is 360 g/mol. The third kappa shape index (κ3) is 2.87. The number of rotatable bonds is 2. The maximum Gasteiger partial charge on any atom is 0.226 e. The number of phenolic OH excluding ortho intramolecular Hbond substituents is 1. The number of phenols is 1. The molecule has 5 rings (SSSR count). The number of anilines is 2. The summed E-state index contributed by atoms with van der Waals surface area (Å²) in [6, 6.07) is 12.1. The Kier molecular flexibility index (Phi) is 3.88. The Morgan fingerprint density at radius 3 is 2.37 bits per heavy atom. The number of fused-ring (bicyclic) bond motifs is 2. The van der Waals surface area contributed by atoms with Crippen LogP contribution in [0.5, 0.6) is 5.75 Å². The highest BCUT2D eigenvalue weighted by Crippen LogP contribution is 2.30. The van der Waals surface area contributed by atoms with Gasteiger partial charge in [-0.2, -0.15) is 0 Å². The zero-order valence-electron chi connectivity index (χ0n) is 15.6. The highest BCUT2D eigenvalue weighted by molar-refractivity contribution is 5.84. The molecule has 2 heterocycles. The van der Waals surface area contributed by atoms with Crippen molar-refractivity contribution >= 4 is 22.5 Å². The van der Waals surface area contributed by atoms with Crippen molar-refractivity contribution in [3.63, 3.8) is 0 Å². The van der Waals surface area contributed by atoms with Crippen molar-refractivity contribution in [1.29, 1.82) is 0 Å². The molecule has 1 aliphatic carbocycles. The van der Waals surface area contributed by atoms with E-state index in [0.717, 1.165) is 49.0 Å². The van der Waals surface area contributed by atoms with E-state index in [-0.39, 0.29) is 0 Å². The number of hydrogen-bond acceptors (Lipinski definition) is 5. The molecule has 0 spiro atoms. The quantitative estimate of drug-likeness (QED) is 0.758. The molecule has 1 fully saturated rings. The van der Waals surface area contributed by atoms with Crippen LogP contribution >= 0.6 is 0 Å². The van der Waals surface area contributed by atoms with Crippen LogP contribution < -0.4 is 9.80 Å². The molecule has 2 aliphatic rings. The zero-order valence-corrected chi connectivity index (χ0v) is 15.6. The van der Waals surface area contributed by atoms with E-state index >= 15 is 0 Å². The first-order chi connectivity index (χ1) is 13.2. The minimum atomic E-state index is 0.345. The first kappa shape index (κ1) is 16.4. The molecule has 0 radical (unpaired) electrons. The number of aromatic nitrogens is 2. The van der Waals surface area contributed by atoms with Crippen LogP contribution in [-0.2, 0) is 12.8 Å². The molecule has 138 valence electrons. The molecule has 1 N–H and O–H groups in total. The number of aryl methyl sites for hydroxylation is 3. The molecule has 27 heavy (non-hydrogen) atoms. The van der Waals surface area contributed by atoms with E-state index in [2.05, 4.69) is 28.9 Å². The molecule has 0 atom stereocenters. The maximum atomic E-state index is 10.1. The Morgan fingerprint density at radius 1 is 0.889 bits per heavy atom. The van der Waals surface area contributed by atoms with Gasteiger partial charge in [-0.05, 0) is 61.6 Å². The molecule has 0 saturated carbocycles. The van der Waals surface area contributed by atoms with Gasteiger partial charge in [-0.1, -0.05) is 12.1 Å². The lowest BCUT2D eigenvalue weighted by Crippen LogP contribution is -2.47. The predicted molar refractivity (Wildman–Crippen MR) is 109 cm³/mol. The lowest BCUT2D eigenvalue weighted by Gasteiger charge is -2.36. The third-order valence-corrected chi connectivity index (χ3v) is 5.87. The van der Waals surface area contributed by atoms with Crippen molar-refractivity contribution in [3.05, 3.63) is 53.2 Å². The largest absolute Gasteiger partial charge is 0.506 e. The van der Waals surface area contributed by atoms with Crippen LogP contribution in [0.1, 0.15) is 23.2 Å². The summed E-state index contributed by atoms with van der Waals surface area (Å²) in [6.45, 7) is 5.49. The molecule has 1 aliphatic heterocycles. The zero-order chi connectivity index (χ0) is 18.4. The first-order valence-corrected chi connectivity index (χ1v) is 9.77. The minimum Gasteiger partial charge on any atom is -0.506 e. The first-order valence-electron chi connectivity index (χ1n) is 9.77. The molecule has 5 heteroatoms. The maximum absolute atomic E-state index is 10.1. The standard InChI is InChI=1S/C22H24N4O/c1-15-18-13-16-5-4-6-17(16)14-19(18)24-22(23-15)26-11-9-25(10-12-26)20-7-2-3-8-21(20)27/h2-3,7-8,13-14,27H,4-6,9-12H2,1H3. The average Bonchev–Trinajstić information content (AvgIpc) is 3.14. The Hall–Kier alpha value is -2.82. The van der Waals surface area contributed by atoms with Gasteiger partial charge >= 0.3 is 0 Å². The summed E-state index contributed by atoms with van der Waals surface area (Å²) in [5, 5.41) is 11.3. The summed E-state index contributed by atoms with van der Waals surface area (Å²) < 4.78 is 0. The highest BCUT2D eigenvalue weighted by Gasteiger charge is 2.22. The Bertz CT molecular complexity index is 1010. The van der Waals surface area contributed by atoms with Gasteiger partial charge in [-0.15, -0.1) is 0 Å². The number of para-hydroxylation sites is 2. The van der Waals surface area contributed by atoms with E-state index < -0.39 is 0 Å². The lowest BCUT2D eigenvalue weighted by molar-refractivity contribution is 0.472. The van der Waals surface area contributed by atoms with Gasteiger partial charge in [0, 0.05) is 31.6 Å². The second-order valence-electron chi connectivity index (χ2n) is 7.56. The van der Waals surface area contributed by atoms with Crippen LogP contribution in [0.2, 0.25) is 0 Å². The van der Waals surface area contributed by atoms with Gasteiger partial charge in [-0.3, -0.25) is 0 Å². The van der Waals surface area contributed by atoms with Gasteiger partial charge < -0.3 is 14.9 Å². The van der Waals surface area contributed by atoms with Gasteiger partial charge in [0.25, 0.3) is 0 Å². The van der Waals surface area contributed by atoms with E-state index in [4.69, 9.17) is 9.97 Å². The topological polar surface area (TPSA) is 52.5 Å². The molecular weight excluding hydrogens is 336 g/mol. The molecular formula is C22H24N4O. The molecule has 3 aromatic rings. The molecule has 2 aromatic carbocycles. The fourth-order valence-corrected chi connectivity index (χ4v) is 4.36. The number of hydrogen-bond donors (Lipinski definition) is 1. The van der Waals surface area contributed by atoms with E-state index in [1.807, 2.05) is 18.2 Å². The highest BCUT2D eigenvalue weighted by atomic mass is 16.3. The smallest absolute Gasteiger partial charge is 0.226 e. The molecule has 1 aromatic heterocycles. The monoisotopic (exact) mass is 360 g/mol. The van der Waals surface area contributed by atoms with Crippen molar-refractivity contribution in [1.82, 2.24) is 9.97 Å². The number of nitrogens with zero attached hydrogens (tertiary/aromatic N) is 4. The van der Waals surface area contributed by atoms with Crippen LogP contribution in [0.4, 0.5) is 11.6 Å². The van der Waals surface area contributed by atoms with Crippen LogP contribution in [0.3, 0.4) is 0 Å². The SMILES string of the molecule is Cc1nc(N2CCN(c3ccccc3O)CC2)nc2cc3c(cc12)CCC3. The van der Waals surface area contributed by atoms with E-state index in [9.17, 15) is 5.11 Å². The molecule has 0 amide bonds. The summed E-state index contributed by atoms with van der Waals surface area (Å²) >= 11 is 0. The van der Waals surface area contributed by atoms with Gasteiger partial charge in [0.1, 0.15) is 5.75 Å². The predicted octanol–water partition coefficient (Wildman–Crippen LogP) is 3.46. The van der Waals surface area contributed by atoms with Gasteiger partial charge in [-0.25, -0.2) is 9.97 Å². The van der Waals surface area contributed by atoms with Crippen molar-refractivity contribution in [2.75, 3.05) is 36.0 Å². The van der Waals surface area contributed by atoms with Crippen molar-refractivity contribution in [3.8, 4) is 5.75 Å². The fraction of sp³-hybridized carbons (Fsp3) is 0.364. The number of piperazine rings is 1. The van der Waals surface area contributed by atoms with Crippen LogP contribution in [-0.4, -0.2) is 41.3 Å². The second-order valence-corrected chi connectivity index (χ2v) is 7.56. The third-order valence-electron chi connectivity index (χ3n) is 5.87. The van der Waals surface area contributed by atoms with Crippen LogP contribution in [0.15, 0.2) is 36.4 Å². The van der Waals surface area contributed by atoms with Gasteiger partial charge in [0.2, 0.25) is 5.95 Å². The van der Waals surface area contributed by atoms with Crippen molar-refractivity contribution in [2.24, 2.45) is 0 Å². The van der Waals surface area contributed by atoms with E-state index in [1.165, 1.54) is 35.8 Å². The lowest BCUT2D eigenvalue weighted by atomic mass is 10.1. The Morgan fingerprint density at radius 2 is 1.59 bits per heavy atom. The van der Waals surface area contributed by atoms with E-state index in [1.54, 1.807) is 6.07 Å². The summed E-state index contributed by atoms with van der Waals surface area (Å²) in [5.74, 6) is 1.17. The van der Waals surface area contributed by atoms with E-state index in [0.29, 0.717) is 5.75 Å². The van der Waals surface area contributed by atoms with Crippen molar-refractivity contribution < 1.29 is 5.11 Å². The molecule has 5 nitrogen and oxygen atoms in total. The Balaban J connectivity index is 1.40. The summed E-state index contributed by atoms with van der Waals surface area (Å²) in [4.78, 5) is 14.2. The molecule has 1 saturated heterocycles. The molecule has 0 bridgehead atoms. The summed E-state index contributed by atoms with van der Waals surface area (Å²) in [5.41, 5.74) is 5.96. The summed E-state index contributed by atoms with van der Waals surface area (Å²) in [7, 11) is 0. The van der Waals surface area contributed by atoms with Crippen molar-refractivity contribution in [2.45, 2.75) is 26.2 Å². The second kappa shape index (κ2) is 6.41. The van der Waals surface area contributed by atoms with Crippen LogP contribution in [0.25, 0.3) is 10.9 Å². The Labute approximate surface area is 159 Å².